The molecule has 1 atom stereocenters. The first kappa shape index (κ1) is 11.8. The maximum atomic E-state index is 5.04. The van der Waals surface area contributed by atoms with Gasteiger partial charge in [-0.15, -0.1) is 0 Å². The highest BCUT2D eigenvalue weighted by atomic mass is 16.5. The predicted octanol–water partition coefficient (Wildman–Crippen LogP) is 2.79. The highest BCUT2D eigenvalue weighted by Crippen LogP contribution is 2.13. The fourth-order valence-electron chi connectivity index (χ4n) is 1.11. The number of hydrogen-bond donors (Lipinski definition) is 1. The van der Waals surface area contributed by atoms with Gasteiger partial charge in [-0.3, -0.25) is 0 Å². The minimum Gasteiger partial charge on any atom is -0.495 e. The maximum absolute atomic E-state index is 5.04. The van der Waals surface area contributed by atoms with Gasteiger partial charge in [0.25, 0.3) is 0 Å². The molecule has 0 aliphatic rings. The van der Waals surface area contributed by atoms with Crippen LogP contribution in [0.5, 0.6) is 5.75 Å². The van der Waals surface area contributed by atoms with Crippen molar-refractivity contribution in [2.45, 2.75) is 20.8 Å². The van der Waals surface area contributed by atoms with Crippen molar-refractivity contribution in [3.05, 3.63) is 18.3 Å². The van der Waals surface area contributed by atoms with E-state index in [1.807, 2.05) is 12.1 Å². The lowest BCUT2D eigenvalue weighted by Gasteiger charge is -2.16. The summed E-state index contributed by atoms with van der Waals surface area (Å²) in [5.41, 5.74) is 0. The molecule has 0 radical (unpaired) electrons. The Labute approximate surface area is 91.9 Å². The molecule has 0 aliphatic carbocycles. The number of pyridine rings is 1. The van der Waals surface area contributed by atoms with E-state index in [4.69, 9.17) is 4.74 Å². The first-order chi connectivity index (χ1) is 7.13. The van der Waals surface area contributed by atoms with Crippen LogP contribution in [0.2, 0.25) is 0 Å². The van der Waals surface area contributed by atoms with Gasteiger partial charge in [0.05, 0.1) is 13.3 Å². The molecule has 0 amide bonds. The average Bonchev–Trinajstić information content (AvgIpc) is 2.26. The van der Waals surface area contributed by atoms with E-state index in [0.29, 0.717) is 11.8 Å². The van der Waals surface area contributed by atoms with Gasteiger partial charge in [-0.05, 0) is 24.0 Å². The third kappa shape index (κ3) is 3.78. The lowest BCUT2D eigenvalue weighted by atomic mass is 9.98. The Bertz CT molecular complexity index is 282. The van der Waals surface area contributed by atoms with Crippen LogP contribution in [0.25, 0.3) is 0 Å². The number of rotatable bonds is 5. The molecule has 15 heavy (non-hydrogen) atoms. The average molecular weight is 208 g/mol. The predicted molar refractivity (Wildman–Crippen MR) is 63.3 cm³/mol. The van der Waals surface area contributed by atoms with Crippen molar-refractivity contribution in [2.24, 2.45) is 11.8 Å². The molecule has 1 N–H and O–H groups in total. The van der Waals surface area contributed by atoms with E-state index >= 15 is 0 Å². The number of nitrogens with one attached hydrogen (secondary N) is 1. The van der Waals surface area contributed by atoms with Crippen LogP contribution in [0.15, 0.2) is 18.3 Å². The molecule has 1 unspecified atom stereocenters. The number of anilines is 1. The molecule has 3 heteroatoms. The lowest BCUT2D eigenvalue weighted by molar-refractivity contribution is 0.413. The maximum Gasteiger partial charge on any atom is 0.137 e. The molecule has 1 aromatic heterocycles. The van der Waals surface area contributed by atoms with Gasteiger partial charge in [-0.1, -0.05) is 20.8 Å². The van der Waals surface area contributed by atoms with Crippen LogP contribution in [-0.4, -0.2) is 18.6 Å². The molecule has 3 nitrogen and oxygen atoms in total. The van der Waals surface area contributed by atoms with Crippen LogP contribution in [0, 0.1) is 11.8 Å². The van der Waals surface area contributed by atoms with Crippen molar-refractivity contribution in [1.29, 1.82) is 0 Å². The number of ether oxygens (including phenoxy) is 1. The topological polar surface area (TPSA) is 34.1 Å². The molecular formula is C12H20N2O. The van der Waals surface area contributed by atoms with Crippen molar-refractivity contribution < 1.29 is 4.74 Å². The summed E-state index contributed by atoms with van der Waals surface area (Å²) in [4.78, 5) is 4.24. The monoisotopic (exact) mass is 208 g/mol. The van der Waals surface area contributed by atoms with Crippen molar-refractivity contribution in [3.8, 4) is 5.75 Å². The highest BCUT2D eigenvalue weighted by molar-refractivity contribution is 5.37. The Balaban J connectivity index is 2.44. The van der Waals surface area contributed by atoms with Gasteiger partial charge in [-0.2, -0.15) is 0 Å². The number of methoxy groups -OCH3 is 1. The number of nitrogens with zero attached hydrogens (tertiary/aromatic N) is 1. The second-order valence-electron chi connectivity index (χ2n) is 4.19. The minimum absolute atomic E-state index is 0.647. The zero-order valence-corrected chi connectivity index (χ0v) is 9.95. The van der Waals surface area contributed by atoms with E-state index in [1.165, 1.54) is 0 Å². The lowest BCUT2D eigenvalue weighted by Crippen LogP contribution is -2.16. The smallest absolute Gasteiger partial charge is 0.137 e. The second-order valence-corrected chi connectivity index (χ2v) is 4.19. The summed E-state index contributed by atoms with van der Waals surface area (Å²) < 4.78 is 5.04. The number of aromatic nitrogens is 1. The molecule has 0 bridgehead atoms. The summed E-state index contributed by atoms with van der Waals surface area (Å²) in [5.74, 6) is 3.03. The molecule has 0 aromatic carbocycles. The van der Waals surface area contributed by atoms with Gasteiger partial charge in [0.15, 0.2) is 0 Å². The fourth-order valence-corrected chi connectivity index (χ4v) is 1.11. The fraction of sp³-hybridized carbons (Fsp3) is 0.583. The van der Waals surface area contributed by atoms with Gasteiger partial charge in [0, 0.05) is 6.54 Å². The molecule has 0 fully saturated rings. The van der Waals surface area contributed by atoms with Gasteiger partial charge >= 0.3 is 0 Å². The van der Waals surface area contributed by atoms with Crippen LogP contribution < -0.4 is 10.1 Å². The molecule has 0 saturated heterocycles. The van der Waals surface area contributed by atoms with Crippen molar-refractivity contribution in [1.82, 2.24) is 4.98 Å². The first-order valence-electron chi connectivity index (χ1n) is 5.37. The highest BCUT2D eigenvalue weighted by Gasteiger charge is 2.06. The SMILES string of the molecule is COc1ccc(NCC(C)C(C)C)nc1. The zero-order chi connectivity index (χ0) is 11.3. The first-order valence-corrected chi connectivity index (χ1v) is 5.37. The molecule has 1 aromatic rings. The Kier molecular flexibility index (Phi) is 4.40. The Hall–Kier alpha value is -1.25. The summed E-state index contributed by atoms with van der Waals surface area (Å²) in [6.45, 7) is 7.65. The molecule has 1 heterocycles. The third-order valence-electron chi connectivity index (χ3n) is 2.72. The second kappa shape index (κ2) is 5.59. The Morgan fingerprint density at radius 3 is 2.53 bits per heavy atom. The Morgan fingerprint density at radius 2 is 2.07 bits per heavy atom. The summed E-state index contributed by atoms with van der Waals surface area (Å²) in [7, 11) is 1.64. The molecular weight excluding hydrogens is 188 g/mol. The van der Waals surface area contributed by atoms with Gasteiger partial charge in [-0.25, -0.2) is 4.98 Å². The van der Waals surface area contributed by atoms with E-state index in [2.05, 4.69) is 31.1 Å². The van der Waals surface area contributed by atoms with Crippen LogP contribution in [0.1, 0.15) is 20.8 Å². The van der Waals surface area contributed by atoms with Gasteiger partial charge in [0.1, 0.15) is 11.6 Å². The van der Waals surface area contributed by atoms with E-state index in [9.17, 15) is 0 Å². The van der Waals surface area contributed by atoms with Crippen molar-refractivity contribution in [2.75, 3.05) is 19.0 Å². The summed E-state index contributed by atoms with van der Waals surface area (Å²) in [6.07, 6.45) is 1.72. The van der Waals surface area contributed by atoms with Crippen LogP contribution >= 0.6 is 0 Å². The van der Waals surface area contributed by atoms with Crippen molar-refractivity contribution >= 4 is 5.82 Å². The summed E-state index contributed by atoms with van der Waals surface area (Å²) >= 11 is 0. The largest absolute Gasteiger partial charge is 0.495 e. The van der Waals surface area contributed by atoms with Gasteiger partial charge < -0.3 is 10.1 Å². The quantitative estimate of drug-likeness (QED) is 0.808. The zero-order valence-electron chi connectivity index (χ0n) is 9.95. The normalized spacial score (nSPS) is 12.6. The molecule has 1 rings (SSSR count). The number of hydrogen-bond acceptors (Lipinski definition) is 3. The third-order valence-corrected chi connectivity index (χ3v) is 2.72. The molecule has 0 aliphatic heterocycles. The standard InChI is InChI=1S/C12H20N2O/c1-9(2)10(3)7-13-12-6-5-11(15-4)8-14-12/h5-6,8-10H,7H2,1-4H3,(H,13,14). The summed E-state index contributed by atoms with van der Waals surface area (Å²) in [6, 6.07) is 3.85. The van der Waals surface area contributed by atoms with E-state index in [-0.39, 0.29) is 0 Å². The molecule has 0 spiro atoms. The van der Waals surface area contributed by atoms with Crippen LogP contribution in [0.4, 0.5) is 5.82 Å². The van der Waals surface area contributed by atoms with Crippen LogP contribution in [0.3, 0.4) is 0 Å². The molecule has 0 saturated carbocycles. The van der Waals surface area contributed by atoms with E-state index in [0.717, 1.165) is 18.1 Å². The van der Waals surface area contributed by atoms with Crippen LogP contribution in [-0.2, 0) is 0 Å². The van der Waals surface area contributed by atoms with Gasteiger partial charge in [0.2, 0.25) is 0 Å². The Morgan fingerprint density at radius 1 is 1.33 bits per heavy atom. The molecule has 84 valence electrons. The summed E-state index contributed by atoms with van der Waals surface area (Å²) in [5, 5.41) is 3.31. The van der Waals surface area contributed by atoms with Crippen molar-refractivity contribution in [3.63, 3.8) is 0 Å². The minimum atomic E-state index is 0.647. The van der Waals surface area contributed by atoms with E-state index < -0.39 is 0 Å². The van der Waals surface area contributed by atoms with E-state index in [1.54, 1.807) is 13.3 Å².